The van der Waals surface area contributed by atoms with E-state index in [1.807, 2.05) is 0 Å². The number of hydrogen-bond donors (Lipinski definition) is 1. The van der Waals surface area contributed by atoms with Gasteiger partial charge in [0.15, 0.2) is 11.6 Å². The van der Waals surface area contributed by atoms with Crippen LogP contribution >= 0.6 is 0 Å². The van der Waals surface area contributed by atoms with Crippen LogP contribution in [0.5, 0.6) is 5.75 Å². The quantitative estimate of drug-likeness (QED) is 0.906. The van der Waals surface area contributed by atoms with Crippen molar-refractivity contribution in [3.63, 3.8) is 0 Å². The predicted molar refractivity (Wildman–Crippen MR) is 66.9 cm³/mol. The number of halogens is 3. The highest BCUT2D eigenvalue weighted by Gasteiger charge is 2.34. The molecule has 0 bridgehead atoms. The van der Waals surface area contributed by atoms with Gasteiger partial charge in [0.25, 0.3) is 6.43 Å². The minimum Gasteiger partial charge on any atom is -0.493 e. The van der Waals surface area contributed by atoms with Gasteiger partial charge >= 0.3 is 0 Å². The fourth-order valence-corrected chi connectivity index (χ4v) is 2.77. The van der Waals surface area contributed by atoms with Crippen LogP contribution in [0.3, 0.4) is 0 Å². The van der Waals surface area contributed by atoms with Crippen LogP contribution in [0.1, 0.15) is 49.7 Å². The summed E-state index contributed by atoms with van der Waals surface area (Å²) in [5, 5.41) is 0. The van der Waals surface area contributed by atoms with Crippen LogP contribution in [0.25, 0.3) is 0 Å². The second-order valence-electron chi connectivity index (χ2n) is 5.10. The highest BCUT2D eigenvalue weighted by molar-refractivity contribution is 5.44. The summed E-state index contributed by atoms with van der Waals surface area (Å²) < 4.78 is 44.5. The Labute approximate surface area is 110 Å². The van der Waals surface area contributed by atoms with Gasteiger partial charge in [-0.3, -0.25) is 0 Å². The molecule has 2 nitrogen and oxygen atoms in total. The van der Waals surface area contributed by atoms with Gasteiger partial charge in [-0.25, -0.2) is 13.2 Å². The maximum atomic E-state index is 13.9. The van der Waals surface area contributed by atoms with E-state index in [0.29, 0.717) is 18.4 Å². The Hall–Kier alpha value is -1.23. The minimum absolute atomic E-state index is 0.00574. The van der Waals surface area contributed by atoms with Gasteiger partial charge in [-0.05, 0) is 25.0 Å². The second kappa shape index (κ2) is 5.41. The maximum Gasteiger partial charge on any atom is 0.263 e. The zero-order chi connectivity index (χ0) is 14.0. The maximum absolute atomic E-state index is 13.9. The first-order valence-electron chi connectivity index (χ1n) is 6.43. The molecule has 1 aromatic carbocycles. The number of ether oxygens (including phenoxy) is 1. The van der Waals surface area contributed by atoms with Crippen LogP contribution in [0.4, 0.5) is 13.2 Å². The molecule has 0 heterocycles. The molecule has 0 radical (unpaired) electrons. The summed E-state index contributed by atoms with van der Waals surface area (Å²) in [4.78, 5) is 0. The van der Waals surface area contributed by atoms with E-state index in [2.05, 4.69) is 0 Å². The molecule has 0 atom stereocenters. The summed E-state index contributed by atoms with van der Waals surface area (Å²) in [6, 6.07) is 2.11. The van der Waals surface area contributed by atoms with E-state index < -0.39 is 17.8 Å². The molecular weight excluding hydrogens is 255 g/mol. The Morgan fingerprint density at radius 2 is 1.84 bits per heavy atom. The van der Waals surface area contributed by atoms with E-state index in [4.69, 9.17) is 10.5 Å². The van der Waals surface area contributed by atoms with E-state index in [-0.39, 0.29) is 11.3 Å². The topological polar surface area (TPSA) is 35.2 Å². The molecule has 0 saturated heterocycles. The fraction of sp³-hybridized carbons (Fsp3) is 0.571. The van der Waals surface area contributed by atoms with Crippen molar-refractivity contribution in [2.24, 2.45) is 5.73 Å². The van der Waals surface area contributed by atoms with E-state index in [9.17, 15) is 13.2 Å². The van der Waals surface area contributed by atoms with Gasteiger partial charge in [0.1, 0.15) is 0 Å². The van der Waals surface area contributed by atoms with Gasteiger partial charge in [-0.15, -0.1) is 0 Å². The first-order chi connectivity index (χ1) is 8.98. The zero-order valence-electron chi connectivity index (χ0n) is 10.9. The van der Waals surface area contributed by atoms with E-state index in [0.717, 1.165) is 25.3 Å². The lowest BCUT2D eigenvalue weighted by Gasteiger charge is -2.35. The molecule has 0 aliphatic heterocycles. The molecule has 1 saturated carbocycles. The molecule has 5 heteroatoms. The SMILES string of the molecule is COc1c(F)cc(C(F)F)cc1C1(N)CCCCC1. The molecule has 1 aliphatic carbocycles. The summed E-state index contributed by atoms with van der Waals surface area (Å²) >= 11 is 0. The summed E-state index contributed by atoms with van der Waals surface area (Å²) in [5.74, 6) is -0.778. The third-order valence-corrected chi connectivity index (χ3v) is 3.80. The van der Waals surface area contributed by atoms with Crippen molar-refractivity contribution in [2.75, 3.05) is 7.11 Å². The predicted octanol–water partition coefficient (Wildman–Crippen LogP) is 3.89. The van der Waals surface area contributed by atoms with E-state index in [1.165, 1.54) is 13.2 Å². The van der Waals surface area contributed by atoms with Crippen molar-refractivity contribution in [1.82, 2.24) is 0 Å². The third kappa shape index (κ3) is 2.71. The number of rotatable bonds is 3. The summed E-state index contributed by atoms with van der Waals surface area (Å²) in [5.41, 5.74) is 5.56. The van der Waals surface area contributed by atoms with Gasteiger partial charge in [0, 0.05) is 16.7 Å². The lowest BCUT2D eigenvalue weighted by molar-refractivity contribution is 0.150. The average molecular weight is 273 g/mol. The van der Waals surface area contributed by atoms with Crippen molar-refractivity contribution in [3.05, 3.63) is 29.1 Å². The van der Waals surface area contributed by atoms with Crippen molar-refractivity contribution >= 4 is 0 Å². The summed E-state index contributed by atoms with van der Waals surface area (Å²) in [7, 11) is 1.33. The van der Waals surface area contributed by atoms with Crippen molar-refractivity contribution in [1.29, 1.82) is 0 Å². The molecule has 0 spiro atoms. The lowest BCUT2D eigenvalue weighted by atomic mass is 9.76. The standard InChI is InChI=1S/C14H18F3NO/c1-19-12-10(14(18)5-3-2-4-6-14)7-9(13(16)17)8-11(12)15/h7-8,13H,2-6,18H2,1H3. The molecule has 1 aliphatic rings. The van der Waals surface area contributed by atoms with Gasteiger partial charge in [0.05, 0.1) is 7.11 Å². The molecule has 2 N–H and O–H groups in total. The van der Waals surface area contributed by atoms with Crippen molar-refractivity contribution in [2.45, 2.75) is 44.1 Å². The largest absolute Gasteiger partial charge is 0.493 e. The van der Waals surface area contributed by atoms with Crippen molar-refractivity contribution in [3.8, 4) is 5.75 Å². The highest BCUT2D eigenvalue weighted by Crippen LogP contribution is 2.41. The minimum atomic E-state index is -2.72. The highest BCUT2D eigenvalue weighted by atomic mass is 19.3. The molecule has 0 unspecified atom stereocenters. The summed E-state index contributed by atoms with van der Waals surface area (Å²) in [6.45, 7) is 0. The van der Waals surface area contributed by atoms with Crippen LogP contribution in [-0.4, -0.2) is 7.11 Å². The molecular formula is C14H18F3NO. The van der Waals surface area contributed by atoms with Gasteiger partial charge < -0.3 is 10.5 Å². The van der Waals surface area contributed by atoms with Crippen molar-refractivity contribution < 1.29 is 17.9 Å². The number of hydrogen-bond acceptors (Lipinski definition) is 2. The molecule has 0 amide bonds. The lowest BCUT2D eigenvalue weighted by Crippen LogP contribution is -2.39. The Morgan fingerprint density at radius 1 is 1.21 bits per heavy atom. The smallest absolute Gasteiger partial charge is 0.263 e. The average Bonchev–Trinajstić information content (AvgIpc) is 2.38. The Kier molecular flexibility index (Phi) is 4.04. The van der Waals surface area contributed by atoms with Crippen LogP contribution in [0, 0.1) is 5.82 Å². The monoisotopic (exact) mass is 273 g/mol. The van der Waals surface area contributed by atoms with Crippen LogP contribution in [0.2, 0.25) is 0 Å². The summed E-state index contributed by atoms with van der Waals surface area (Å²) in [6.07, 6.45) is 1.51. The molecule has 1 aromatic rings. The van der Waals surface area contributed by atoms with Gasteiger partial charge in [-0.2, -0.15) is 0 Å². The molecule has 106 valence electrons. The third-order valence-electron chi connectivity index (χ3n) is 3.80. The van der Waals surface area contributed by atoms with E-state index in [1.54, 1.807) is 0 Å². The normalized spacial score (nSPS) is 18.6. The molecule has 19 heavy (non-hydrogen) atoms. The van der Waals surface area contributed by atoms with Gasteiger partial charge in [-0.1, -0.05) is 19.3 Å². The van der Waals surface area contributed by atoms with Gasteiger partial charge in [0.2, 0.25) is 0 Å². The van der Waals surface area contributed by atoms with E-state index >= 15 is 0 Å². The Balaban J connectivity index is 2.52. The van der Waals surface area contributed by atoms with Crippen LogP contribution < -0.4 is 10.5 Å². The number of methoxy groups -OCH3 is 1. The first-order valence-corrected chi connectivity index (χ1v) is 6.43. The van der Waals surface area contributed by atoms with Crippen LogP contribution in [0.15, 0.2) is 12.1 Å². The fourth-order valence-electron chi connectivity index (χ4n) is 2.77. The Bertz CT molecular complexity index is 456. The van der Waals surface area contributed by atoms with Crippen LogP contribution in [-0.2, 0) is 5.54 Å². The Morgan fingerprint density at radius 3 is 2.37 bits per heavy atom. The molecule has 2 rings (SSSR count). The second-order valence-corrected chi connectivity index (χ2v) is 5.10. The number of alkyl halides is 2. The number of nitrogens with two attached hydrogens (primary N) is 1. The molecule has 1 fully saturated rings. The zero-order valence-corrected chi connectivity index (χ0v) is 10.9. The molecule has 0 aromatic heterocycles. The number of benzene rings is 1. The first kappa shape index (κ1) is 14.2.